The van der Waals surface area contributed by atoms with E-state index in [0.717, 1.165) is 0 Å². The van der Waals surface area contributed by atoms with E-state index in [4.69, 9.17) is 9.53 Å². The molecule has 0 saturated carbocycles. The SMILES string of the molecule is COC(=O)c1nccnc1OCc1csc(NC(=O)NCc2cccc(F)c2)n1.NC(N)=O. The number of rotatable bonds is 7. The number of carbonyl (C=O) groups is 3. The Bertz CT molecular complexity index is 1110. The molecule has 0 bridgehead atoms. The number of nitrogens with two attached hydrogens (primary N) is 2. The maximum atomic E-state index is 13.1. The minimum absolute atomic E-state index is 0.0196. The van der Waals surface area contributed by atoms with Gasteiger partial charge in [0.05, 0.1) is 12.8 Å². The molecule has 33 heavy (non-hydrogen) atoms. The molecule has 0 radical (unpaired) electrons. The van der Waals surface area contributed by atoms with Gasteiger partial charge >= 0.3 is 18.0 Å². The van der Waals surface area contributed by atoms with Crippen molar-refractivity contribution in [3.63, 3.8) is 0 Å². The monoisotopic (exact) mass is 477 g/mol. The highest BCUT2D eigenvalue weighted by Crippen LogP contribution is 2.18. The van der Waals surface area contributed by atoms with Crippen LogP contribution in [0.5, 0.6) is 5.88 Å². The van der Waals surface area contributed by atoms with Crippen molar-refractivity contribution in [2.45, 2.75) is 13.2 Å². The molecule has 0 fully saturated rings. The molecule has 0 spiro atoms. The van der Waals surface area contributed by atoms with E-state index < -0.39 is 18.0 Å². The summed E-state index contributed by atoms with van der Waals surface area (Å²) >= 11 is 1.20. The first kappa shape index (κ1) is 24.9. The lowest BCUT2D eigenvalue weighted by molar-refractivity contribution is 0.0586. The van der Waals surface area contributed by atoms with Gasteiger partial charge in [0.15, 0.2) is 5.13 Å². The maximum Gasteiger partial charge on any atom is 0.362 e. The number of ether oxygens (including phenoxy) is 2. The zero-order valence-corrected chi connectivity index (χ0v) is 18.1. The summed E-state index contributed by atoms with van der Waals surface area (Å²) in [5, 5.41) is 7.25. The van der Waals surface area contributed by atoms with Crippen molar-refractivity contribution in [3.8, 4) is 5.88 Å². The van der Waals surface area contributed by atoms with E-state index in [0.29, 0.717) is 16.4 Å². The lowest BCUT2D eigenvalue weighted by atomic mass is 10.2. The number of nitrogens with one attached hydrogen (secondary N) is 2. The van der Waals surface area contributed by atoms with E-state index in [2.05, 4.69) is 41.8 Å². The molecule has 2 aromatic heterocycles. The average Bonchev–Trinajstić information content (AvgIpc) is 3.23. The minimum Gasteiger partial charge on any atom is -0.469 e. The van der Waals surface area contributed by atoms with Gasteiger partial charge in [0, 0.05) is 24.3 Å². The van der Waals surface area contributed by atoms with Crippen LogP contribution >= 0.6 is 11.3 Å². The summed E-state index contributed by atoms with van der Waals surface area (Å²) in [5.74, 6) is -1.01. The molecule has 0 aliphatic heterocycles. The number of nitrogens with zero attached hydrogens (tertiary/aromatic N) is 3. The predicted molar refractivity (Wildman–Crippen MR) is 116 cm³/mol. The van der Waals surface area contributed by atoms with Crippen LogP contribution in [0.1, 0.15) is 21.7 Å². The number of hydrogen-bond acceptors (Lipinski definition) is 9. The molecule has 174 valence electrons. The molecular formula is C19H20FN7O5S. The second-order valence-electron chi connectivity index (χ2n) is 5.97. The van der Waals surface area contributed by atoms with Crippen LogP contribution in [-0.4, -0.2) is 40.1 Å². The zero-order chi connectivity index (χ0) is 24.2. The fourth-order valence-electron chi connectivity index (χ4n) is 2.21. The number of methoxy groups -OCH3 is 1. The van der Waals surface area contributed by atoms with Gasteiger partial charge in [-0.25, -0.2) is 33.7 Å². The molecule has 14 heteroatoms. The van der Waals surface area contributed by atoms with Gasteiger partial charge in [0.25, 0.3) is 0 Å². The van der Waals surface area contributed by atoms with E-state index in [1.54, 1.807) is 17.5 Å². The van der Waals surface area contributed by atoms with E-state index in [9.17, 15) is 14.0 Å². The Balaban J connectivity index is 0.000000890. The lowest BCUT2D eigenvalue weighted by Crippen LogP contribution is -2.28. The number of carbonyl (C=O) groups excluding carboxylic acids is 3. The van der Waals surface area contributed by atoms with Gasteiger partial charge in [-0.05, 0) is 17.7 Å². The number of benzene rings is 1. The van der Waals surface area contributed by atoms with Crippen LogP contribution < -0.4 is 26.8 Å². The number of amides is 4. The van der Waals surface area contributed by atoms with Crippen LogP contribution in [0.2, 0.25) is 0 Å². The Morgan fingerprint density at radius 2 is 1.91 bits per heavy atom. The number of urea groups is 2. The summed E-state index contributed by atoms with van der Waals surface area (Å²) in [6, 6.07) is 4.64. The third kappa shape index (κ3) is 8.74. The van der Waals surface area contributed by atoms with Crippen LogP contribution in [0.3, 0.4) is 0 Å². The summed E-state index contributed by atoms with van der Waals surface area (Å²) in [6.07, 6.45) is 2.74. The van der Waals surface area contributed by atoms with Crippen LogP contribution in [0.15, 0.2) is 42.0 Å². The fourth-order valence-corrected chi connectivity index (χ4v) is 2.90. The van der Waals surface area contributed by atoms with E-state index >= 15 is 0 Å². The van der Waals surface area contributed by atoms with Crippen molar-refractivity contribution in [2.24, 2.45) is 11.5 Å². The molecule has 3 aromatic rings. The normalized spacial score (nSPS) is 9.76. The van der Waals surface area contributed by atoms with Crippen molar-refractivity contribution in [2.75, 3.05) is 12.4 Å². The predicted octanol–water partition coefficient (Wildman–Crippen LogP) is 1.78. The number of hydrogen-bond donors (Lipinski definition) is 4. The molecule has 6 N–H and O–H groups in total. The number of halogens is 1. The van der Waals surface area contributed by atoms with Crippen LogP contribution in [0.4, 0.5) is 19.1 Å². The number of thiazole rings is 1. The summed E-state index contributed by atoms with van der Waals surface area (Å²) in [7, 11) is 1.23. The van der Waals surface area contributed by atoms with Crippen molar-refractivity contribution in [3.05, 3.63) is 64.8 Å². The van der Waals surface area contributed by atoms with E-state index in [1.165, 1.54) is 43.0 Å². The first-order valence-electron chi connectivity index (χ1n) is 9.09. The molecule has 3 rings (SSSR count). The second-order valence-corrected chi connectivity index (χ2v) is 6.83. The maximum absolute atomic E-state index is 13.1. The first-order chi connectivity index (χ1) is 15.8. The molecule has 4 amide bonds. The highest BCUT2D eigenvalue weighted by Gasteiger charge is 2.16. The van der Waals surface area contributed by atoms with Gasteiger partial charge < -0.3 is 26.3 Å². The molecule has 0 aliphatic rings. The Kier molecular flexibility index (Phi) is 9.45. The van der Waals surface area contributed by atoms with Crippen LogP contribution in [-0.2, 0) is 17.9 Å². The Labute approximate surface area is 191 Å². The summed E-state index contributed by atoms with van der Waals surface area (Å²) in [6.45, 7) is 0.194. The van der Waals surface area contributed by atoms with Crippen molar-refractivity contribution < 1.29 is 28.2 Å². The third-order valence-electron chi connectivity index (χ3n) is 3.51. The highest BCUT2D eigenvalue weighted by molar-refractivity contribution is 7.13. The van der Waals surface area contributed by atoms with Gasteiger partial charge in [0.2, 0.25) is 11.6 Å². The van der Waals surface area contributed by atoms with Crippen molar-refractivity contribution >= 4 is 34.5 Å². The smallest absolute Gasteiger partial charge is 0.362 e. The number of aromatic nitrogens is 3. The number of anilines is 1. The zero-order valence-electron chi connectivity index (χ0n) is 17.3. The largest absolute Gasteiger partial charge is 0.469 e. The molecule has 12 nitrogen and oxygen atoms in total. The highest BCUT2D eigenvalue weighted by atomic mass is 32.1. The molecular weight excluding hydrogens is 457 g/mol. The van der Waals surface area contributed by atoms with Gasteiger partial charge in [-0.15, -0.1) is 11.3 Å². The quantitative estimate of drug-likeness (QED) is 0.371. The van der Waals surface area contributed by atoms with Gasteiger partial charge in [-0.2, -0.15) is 0 Å². The topological polar surface area (TPSA) is 184 Å². The Hall–Kier alpha value is -4.33. The van der Waals surface area contributed by atoms with Crippen molar-refractivity contribution in [1.29, 1.82) is 0 Å². The summed E-state index contributed by atoms with van der Waals surface area (Å²) in [4.78, 5) is 44.7. The fraction of sp³-hybridized carbons (Fsp3) is 0.158. The first-order valence-corrected chi connectivity index (χ1v) is 9.97. The average molecular weight is 477 g/mol. The minimum atomic E-state index is -0.833. The molecule has 0 aliphatic carbocycles. The van der Waals surface area contributed by atoms with Gasteiger partial charge in [-0.1, -0.05) is 12.1 Å². The second kappa shape index (κ2) is 12.5. The molecule has 1 aromatic carbocycles. The lowest BCUT2D eigenvalue weighted by Gasteiger charge is -2.07. The van der Waals surface area contributed by atoms with E-state index in [-0.39, 0.29) is 30.5 Å². The van der Waals surface area contributed by atoms with Gasteiger partial charge in [0.1, 0.15) is 12.4 Å². The number of primary amides is 2. The molecule has 0 atom stereocenters. The third-order valence-corrected chi connectivity index (χ3v) is 4.32. The Morgan fingerprint density at radius 1 is 1.18 bits per heavy atom. The standard InChI is InChI=1S/C18H16FN5O4S.CH4N2O/c1-27-16(25)14-15(21-6-5-20-14)28-9-13-10-29-18(23-13)24-17(26)22-8-11-3-2-4-12(19)7-11;2-1(3)4/h2-7,10H,8-9H2,1H3,(H2,22,23,24,26);(H4,2,3,4). The number of esters is 1. The van der Waals surface area contributed by atoms with Crippen LogP contribution in [0.25, 0.3) is 0 Å². The van der Waals surface area contributed by atoms with Crippen LogP contribution in [0, 0.1) is 5.82 Å². The van der Waals surface area contributed by atoms with Gasteiger partial charge in [-0.3, -0.25) is 5.32 Å². The summed E-state index contributed by atoms with van der Waals surface area (Å²) in [5.41, 5.74) is 9.62. The Morgan fingerprint density at radius 3 is 2.61 bits per heavy atom. The molecule has 2 heterocycles. The molecule has 0 saturated heterocycles. The summed E-state index contributed by atoms with van der Waals surface area (Å²) < 4.78 is 23.3. The van der Waals surface area contributed by atoms with Crippen molar-refractivity contribution in [1.82, 2.24) is 20.3 Å². The molecule has 0 unspecified atom stereocenters. The van der Waals surface area contributed by atoms with E-state index in [1.807, 2.05) is 0 Å².